The highest BCUT2D eigenvalue weighted by Gasteiger charge is 2.29. The molecule has 0 heterocycles. The third-order valence-corrected chi connectivity index (χ3v) is 2.61. The van der Waals surface area contributed by atoms with E-state index in [1.54, 1.807) is 0 Å². The van der Waals surface area contributed by atoms with Crippen LogP contribution in [0.5, 0.6) is 5.75 Å². The number of carboxylic acids is 1. The van der Waals surface area contributed by atoms with Crippen molar-refractivity contribution < 1.29 is 19.4 Å². The summed E-state index contributed by atoms with van der Waals surface area (Å²) in [5, 5.41) is 18.4. The van der Waals surface area contributed by atoms with Gasteiger partial charge in [-0.1, -0.05) is 11.6 Å². The quantitative estimate of drug-likeness (QED) is 0.862. The van der Waals surface area contributed by atoms with E-state index in [4.69, 9.17) is 16.7 Å². The molecule has 0 saturated heterocycles. The highest BCUT2D eigenvalue weighted by molar-refractivity contribution is 6.32. The van der Waals surface area contributed by atoms with Gasteiger partial charge in [0.15, 0.2) is 0 Å². The van der Waals surface area contributed by atoms with Crippen molar-refractivity contribution in [3.63, 3.8) is 0 Å². The van der Waals surface area contributed by atoms with E-state index in [1.807, 2.05) is 0 Å². The zero-order chi connectivity index (χ0) is 12.5. The van der Waals surface area contributed by atoms with E-state index < -0.39 is 17.2 Å². The Morgan fingerprint density at radius 3 is 2.56 bits per heavy atom. The third-order valence-electron chi connectivity index (χ3n) is 2.32. The fraction of sp³-hybridized carbons (Fsp3) is 0.364. The minimum atomic E-state index is -1.09. The van der Waals surface area contributed by atoms with Gasteiger partial charge in [0.1, 0.15) is 11.6 Å². The molecule has 0 aromatic heterocycles. The van der Waals surface area contributed by atoms with Crippen LogP contribution in [0.2, 0.25) is 5.02 Å². The van der Waals surface area contributed by atoms with Crippen LogP contribution in [0, 0.1) is 11.2 Å². The lowest BCUT2D eigenvalue weighted by Crippen LogP contribution is -2.26. The molecule has 2 N–H and O–H groups in total. The van der Waals surface area contributed by atoms with Crippen LogP contribution in [0.25, 0.3) is 0 Å². The van der Waals surface area contributed by atoms with Gasteiger partial charge in [-0.2, -0.15) is 0 Å². The average Bonchev–Trinajstić information content (AvgIpc) is 2.12. The Bertz CT molecular complexity index is 429. The van der Waals surface area contributed by atoms with Crippen LogP contribution in [-0.4, -0.2) is 16.2 Å². The lowest BCUT2D eigenvalue weighted by molar-refractivity contribution is -0.146. The van der Waals surface area contributed by atoms with E-state index in [-0.39, 0.29) is 22.8 Å². The fourth-order valence-corrected chi connectivity index (χ4v) is 1.53. The van der Waals surface area contributed by atoms with E-state index >= 15 is 0 Å². The first-order valence-electron chi connectivity index (χ1n) is 4.64. The molecular weight excluding hydrogens is 235 g/mol. The van der Waals surface area contributed by atoms with Crippen LogP contribution in [0.15, 0.2) is 12.1 Å². The van der Waals surface area contributed by atoms with Gasteiger partial charge in [-0.3, -0.25) is 4.79 Å². The highest BCUT2D eigenvalue weighted by atomic mass is 35.5. The van der Waals surface area contributed by atoms with Crippen molar-refractivity contribution in [2.24, 2.45) is 5.41 Å². The van der Waals surface area contributed by atoms with Gasteiger partial charge < -0.3 is 10.2 Å². The van der Waals surface area contributed by atoms with Gasteiger partial charge >= 0.3 is 5.97 Å². The largest absolute Gasteiger partial charge is 0.506 e. The molecule has 0 fully saturated rings. The van der Waals surface area contributed by atoms with Crippen LogP contribution in [0.1, 0.15) is 19.4 Å². The molecule has 5 heteroatoms. The first-order valence-corrected chi connectivity index (χ1v) is 5.02. The van der Waals surface area contributed by atoms with Gasteiger partial charge in [-0.15, -0.1) is 0 Å². The summed E-state index contributed by atoms with van der Waals surface area (Å²) in [5.74, 6) is -1.89. The first-order chi connectivity index (χ1) is 7.24. The molecule has 16 heavy (non-hydrogen) atoms. The summed E-state index contributed by atoms with van der Waals surface area (Å²) in [6.07, 6.45) is 0.00560. The summed E-state index contributed by atoms with van der Waals surface area (Å²) in [6, 6.07) is 2.07. The van der Waals surface area contributed by atoms with Gasteiger partial charge in [0.25, 0.3) is 0 Å². The maximum absolute atomic E-state index is 13.0. The maximum atomic E-state index is 13.0. The van der Waals surface area contributed by atoms with Gasteiger partial charge in [0.05, 0.1) is 10.4 Å². The van der Waals surface area contributed by atoms with E-state index in [0.717, 1.165) is 12.1 Å². The number of benzene rings is 1. The van der Waals surface area contributed by atoms with Crippen LogP contribution in [-0.2, 0) is 11.2 Å². The number of carboxylic acid groups (broad SMARTS) is 1. The van der Waals surface area contributed by atoms with E-state index in [0.29, 0.717) is 0 Å². The molecule has 0 aliphatic rings. The lowest BCUT2D eigenvalue weighted by Gasteiger charge is -2.19. The standard InChI is InChI=1S/C11H12ClFO3/c1-11(2,10(15)16)5-6-3-7(13)4-8(12)9(6)14/h3-4,14H,5H2,1-2H3,(H,15,16). The van der Waals surface area contributed by atoms with Gasteiger partial charge in [-0.25, -0.2) is 4.39 Å². The highest BCUT2D eigenvalue weighted by Crippen LogP contribution is 2.33. The van der Waals surface area contributed by atoms with Crippen molar-refractivity contribution in [2.45, 2.75) is 20.3 Å². The Morgan fingerprint density at radius 1 is 1.50 bits per heavy atom. The van der Waals surface area contributed by atoms with Crippen molar-refractivity contribution in [1.82, 2.24) is 0 Å². The van der Waals surface area contributed by atoms with Crippen LogP contribution < -0.4 is 0 Å². The minimum Gasteiger partial charge on any atom is -0.506 e. The monoisotopic (exact) mass is 246 g/mol. The Morgan fingerprint density at radius 2 is 2.06 bits per heavy atom. The average molecular weight is 247 g/mol. The van der Waals surface area contributed by atoms with E-state index in [1.165, 1.54) is 13.8 Å². The van der Waals surface area contributed by atoms with Crippen molar-refractivity contribution in [1.29, 1.82) is 0 Å². The minimum absolute atomic E-state index is 0.00560. The molecule has 88 valence electrons. The van der Waals surface area contributed by atoms with Crippen molar-refractivity contribution in [3.8, 4) is 5.75 Å². The molecule has 0 atom stereocenters. The Hall–Kier alpha value is -1.29. The Labute approximate surface area is 97.5 Å². The second-order valence-corrected chi connectivity index (χ2v) is 4.67. The summed E-state index contributed by atoms with van der Waals surface area (Å²) in [4.78, 5) is 10.9. The molecule has 0 amide bonds. The van der Waals surface area contributed by atoms with Crippen molar-refractivity contribution in [2.75, 3.05) is 0 Å². The Balaban J connectivity index is 3.11. The van der Waals surface area contributed by atoms with Crippen molar-refractivity contribution >= 4 is 17.6 Å². The SMILES string of the molecule is CC(C)(Cc1cc(F)cc(Cl)c1O)C(=O)O. The molecule has 1 aromatic rings. The number of phenols is 1. The predicted molar refractivity (Wildman–Crippen MR) is 58.2 cm³/mol. The molecule has 1 aromatic carbocycles. The normalized spacial score (nSPS) is 11.5. The van der Waals surface area contributed by atoms with Gasteiger partial charge in [0, 0.05) is 0 Å². The molecular formula is C11H12ClFO3. The zero-order valence-corrected chi connectivity index (χ0v) is 9.68. The number of hydrogen-bond acceptors (Lipinski definition) is 2. The lowest BCUT2D eigenvalue weighted by atomic mass is 9.85. The molecule has 0 bridgehead atoms. The van der Waals surface area contributed by atoms with Gasteiger partial charge in [0.2, 0.25) is 0 Å². The second-order valence-electron chi connectivity index (χ2n) is 4.26. The number of aromatic hydroxyl groups is 1. The van der Waals surface area contributed by atoms with Crippen LogP contribution in [0.3, 0.4) is 0 Å². The third kappa shape index (κ3) is 2.64. The van der Waals surface area contributed by atoms with Crippen LogP contribution in [0.4, 0.5) is 4.39 Å². The van der Waals surface area contributed by atoms with Crippen LogP contribution >= 0.6 is 11.6 Å². The fourth-order valence-electron chi connectivity index (χ4n) is 1.31. The molecule has 0 unspecified atom stereocenters. The first kappa shape index (κ1) is 12.8. The summed E-state index contributed by atoms with van der Waals surface area (Å²) in [5.41, 5.74) is -0.897. The number of hydrogen-bond donors (Lipinski definition) is 2. The number of phenolic OH excluding ortho intramolecular Hbond substituents is 1. The topological polar surface area (TPSA) is 57.5 Å². The van der Waals surface area contributed by atoms with Crippen molar-refractivity contribution in [3.05, 3.63) is 28.5 Å². The maximum Gasteiger partial charge on any atom is 0.309 e. The number of carbonyl (C=O) groups is 1. The molecule has 0 aliphatic heterocycles. The summed E-state index contributed by atoms with van der Waals surface area (Å²) in [6.45, 7) is 2.99. The number of halogens is 2. The molecule has 0 spiro atoms. The van der Waals surface area contributed by atoms with E-state index in [2.05, 4.69) is 0 Å². The summed E-state index contributed by atoms with van der Waals surface area (Å²) < 4.78 is 13.0. The predicted octanol–water partition coefficient (Wildman–Crippen LogP) is 2.84. The smallest absolute Gasteiger partial charge is 0.309 e. The van der Waals surface area contributed by atoms with Gasteiger partial charge in [-0.05, 0) is 38.0 Å². The molecule has 0 aliphatic carbocycles. The summed E-state index contributed by atoms with van der Waals surface area (Å²) in [7, 11) is 0. The zero-order valence-electron chi connectivity index (χ0n) is 8.92. The Kier molecular flexibility index (Phi) is 3.43. The van der Waals surface area contributed by atoms with E-state index in [9.17, 15) is 14.3 Å². The number of aliphatic carboxylic acids is 1. The molecule has 1 rings (SSSR count). The second kappa shape index (κ2) is 4.29. The molecule has 3 nitrogen and oxygen atoms in total. The molecule has 0 radical (unpaired) electrons. The number of rotatable bonds is 3. The summed E-state index contributed by atoms with van der Waals surface area (Å²) >= 11 is 5.59. The molecule has 0 saturated carbocycles.